The summed E-state index contributed by atoms with van der Waals surface area (Å²) in [7, 11) is 0. The summed E-state index contributed by atoms with van der Waals surface area (Å²) in [5, 5.41) is 0. The van der Waals surface area contributed by atoms with Gasteiger partial charge in [-0.1, -0.05) is 19.3 Å². The number of halogens is 2. The van der Waals surface area contributed by atoms with Gasteiger partial charge in [0.2, 0.25) is 0 Å². The molecular formula is C11H15Br2NS. The quantitative estimate of drug-likeness (QED) is 0.808. The third-order valence-corrected chi connectivity index (χ3v) is 6.51. The van der Waals surface area contributed by atoms with Gasteiger partial charge in [-0.15, -0.1) is 11.3 Å². The number of hydrogen-bond acceptors (Lipinski definition) is 2. The largest absolute Gasteiger partial charge is 0.323 e. The van der Waals surface area contributed by atoms with Crippen LogP contribution in [-0.4, -0.2) is 0 Å². The molecule has 1 aromatic heterocycles. The Kier molecular flexibility index (Phi) is 4.27. The van der Waals surface area contributed by atoms with Crippen molar-refractivity contribution < 1.29 is 0 Å². The first-order chi connectivity index (χ1) is 7.18. The average molecular weight is 353 g/mol. The van der Waals surface area contributed by atoms with Crippen LogP contribution in [0.15, 0.2) is 14.3 Å². The van der Waals surface area contributed by atoms with E-state index in [1.807, 2.05) is 0 Å². The van der Waals surface area contributed by atoms with Gasteiger partial charge in [0.25, 0.3) is 0 Å². The third-order valence-electron chi connectivity index (χ3n) is 3.15. The van der Waals surface area contributed by atoms with Gasteiger partial charge in [-0.2, -0.15) is 0 Å². The second kappa shape index (κ2) is 5.30. The minimum absolute atomic E-state index is 0.234. The lowest BCUT2D eigenvalue weighted by molar-refractivity contribution is 0.310. The summed E-state index contributed by atoms with van der Waals surface area (Å²) in [6.07, 6.45) is 6.70. The molecule has 2 N–H and O–H groups in total. The number of thiophene rings is 1. The van der Waals surface area contributed by atoms with E-state index < -0.39 is 0 Å². The summed E-state index contributed by atoms with van der Waals surface area (Å²) in [4.78, 5) is 1.31. The fourth-order valence-corrected chi connectivity index (χ4v) is 4.44. The first-order valence-corrected chi connectivity index (χ1v) is 7.79. The molecule has 1 aliphatic rings. The molecule has 84 valence electrons. The average Bonchev–Trinajstić information content (AvgIpc) is 2.59. The van der Waals surface area contributed by atoms with E-state index in [4.69, 9.17) is 5.73 Å². The van der Waals surface area contributed by atoms with Gasteiger partial charge in [0.15, 0.2) is 0 Å². The van der Waals surface area contributed by atoms with Gasteiger partial charge in [0, 0.05) is 15.4 Å². The second-order valence-electron chi connectivity index (χ2n) is 4.19. The third kappa shape index (κ3) is 2.84. The zero-order valence-electron chi connectivity index (χ0n) is 8.51. The van der Waals surface area contributed by atoms with E-state index in [1.54, 1.807) is 11.3 Å². The van der Waals surface area contributed by atoms with E-state index >= 15 is 0 Å². The highest BCUT2D eigenvalue weighted by atomic mass is 79.9. The molecule has 1 fully saturated rings. The van der Waals surface area contributed by atoms with Crippen LogP contribution < -0.4 is 5.73 Å². The summed E-state index contributed by atoms with van der Waals surface area (Å²) >= 11 is 8.80. The molecule has 15 heavy (non-hydrogen) atoms. The van der Waals surface area contributed by atoms with Gasteiger partial charge in [-0.25, -0.2) is 0 Å². The van der Waals surface area contributed by atoms with E-state index in [-0.39, 0.29) is 6.04 Å². The Morgan fingerprint density at radius 2 is 1.93 bits per heavy atom. The highest BCUT2D eigenvalue weighted by Crippen LogP contribution is 2.40. The van der Waals surface area contributed by atoms with Gasteiger partial charge < -0.3 is 5.73 Å². The molecule has 2 rings (SSSR count). The van der Waals surface area contributed by atoms with E-state index in [0.717, 1.165) is 8.26 Å². The molecular weight excluding hydrogens is 338 g/mol. The minimum Gasteiger partial charge on any atom is -0.323 e. The van der Waals surface area contributed by atoms with E-state index in [2.05, 4.69) is 37.9 Å². The highest BCUT2D eigenvalue weighted by molar-refractivity contribution is 9.13. The predicted molar refractivity (Wildman–Crippen MR) is 73.2 cm³/mol. The van der Waals surface area contributed by atoms with Crippen molar-refractivity contribution >= 4 is 43.2 Å². The van der Waals surface area contributed by atoms with Gasteiger partial charge in [0.05, 0.1) is 3.79 Å². The molecule has 0 saturated heterocycles. The van der Waals surface area contributed by atoms with Crippen molar-refractivity contribution in [2.45, 2.75) is 38.1 Å². The monoisotopic (exact) mass is 351 g/mol. The summed E-state index contributed by atoms with van der Waals surface area (Å²) in [5.74, 6) is 0.691. The second-order valence-corrected chi connectivity index (χ2v) is 7.45. The van der Waals surface area contributed by atoms with Crippen LogP contribution in [0.25, 0.3) is 0 Å². The maximum absolute atomic E-state index is 6.32. The Bertz CT molecular complexity index is 312. The summed E-state index contributed by atoms with van der Waals surface area (Å²) in [6, 6.07) is 2.39. The summed E-state index contributed by atoms with van der Waals surface area (Å²) in [6.45, 7) is 0. The van der Waals surface area contributed by atoms with E-state index in [1.165, 1.54) is 37.0 Å². The molecule has 0 unspecified atom stereocenters. The number of nitrogens with two attached hydrogens (primary N) is 1. The topological polar surface area (TPSA) is 26.0 Å². The molecule has 0 bridgehead atoms. The number of rotatable bonds is 2. The van der Waals surface area contributed by atoms with Crippen LogP contribution in [-0.2, 0) is 0 Å². The van der Waals surface area contributed by atoms with Crippen LogP contribution in [0.4, 0.5) is 0 Å². The summed E-state index contributed by atoms with van der Waals surface area (Å²) in [5.41, 5.74) is 6.32. The van der Waals surface area contributed by atoms with Crippen LogP contribution in [0.5, 0.6) is 0 Å². The van der Waals surface area contributed by atoms with Crippen molar-refractivity contribution in [1.82, 2.24) is 0 Å². The van der Waals surface area contributed by atoms with E-state index in [9.17, 15) is 0 Å². The molecule has 1 aromatic rings. The van der Waals surface area contributed by atoms with Crippen LogP contribution in [0, 0.1) is 5.92 Å². The van der Waals surface area contributed by atoms with Gasteiger partial charge >= 0.3 is 0 Å². The first-order valence-electron chi connectivity index (χ1n) is 5.39. The van der Waals surface area contributed by atoms with Crippen molar-refractivity contribution in [2.24, 2.45) is 11.7 Å². The van der Waals surface area contributed by atoms with Crippen molar-refractivity contribution in [3.05, 3.63) is 19.2 Å². The standard InChI is InChI=1S/C11H15Br2NS/c12-8-6-9(15-11(8)13)10(14)7-4-2-1-3-5-7/h6-7,10H,1-5,14H2/t10-/m0/s1. The van der Waals surface area contributed by atoms with Gasteiger partial charge in [0.1, 0.15) is 0 Å². The molecule has 0 amide bonds. The minimum atomic E-state index is 0.234. The molecule has 0 spiro atoms. The molecule has 1 atom stereocenters. The molecule has 1 saturated carbocycles. The van der Waals surface area contributed by atoms with Crippen LogP contribution in [0.3, 0.4) is 0 Å². The molecule has 1 aliphatic carbocycles. The van der Waals surface area contributed by atoms with Gasteiger partial charge in [-0.05, 0) is 56.7 Å². The van der Waals surface area contributed by atoms with Gasteiger partial charge in [-0.3, -0.25) is 0 Å². The Labute approximate surface area is 112 Å². The molecule has 0 radical (unpaired) electrons. The maximum atomic E-state index is 6.32. The Morgan fingerprint density at radius 3 is 2.47 bits per heavy atom. The molecule has 1 nitrogen and oxygen atoms in total. The van der Waals surface area contributed by atoms with Crippen molar-refractivity contribution in [1.29, 1.82) is 0 Å². The molecule has 0 aromatic carbocycles. The lowest BCUT2D eigenvalue weighted by atomic mass is 9.84. The first kappa shape index (κ1) is 12.1. The smallest absolute Gasteiger partial charge is 0.0843 e. The maximum Gasteiger partial charge on any atom is 0.0843 e. The predicted octanol–water partition coefficient (Wildman–Crippen LogP) is 4.85. The lowest BCUT2D eigenvalue weighted by Crippen LogP contribution is -2.22. The Balaban J connectivity index is 2.08. The van der Waals surface area contributed by atoms with Crippen LogP contribution in [0.1, 0.15) is 43.0 Å². The zero-order chi connectivity index (χ0) is 10.8. The molecule has 0 aliphatic heterocycles. The fourth-order valence-electron chi connectivity index (χ4n) is 2.25. The Morgan fingerprint density at radius 1 is 1.27 bits per heavy atom. The normalized spacial score (nSPS) is 20.5. The van der Waals surface area contributed by atoms with Crippen LogP contribution in [0.2, 0.25) is 0 Å². The van der Waals surface area contributed by atoms with Crippen molar-refractivity contribution in [3.63, 3.8) is 0 Å². The van der Waals surface area contributed by atoms with Crippen LogP contribution >= 0.6 is 43.2 Å². The molecule has 1 heterocycles. The lowest BCUT2D eigenvalue weighted by Gasteiger charge is -2.26. The Hall–Kier alpha value is 0.620. The highest BCUT2D eigenvalue weighted by Gasteiger charge is 2.23. The molecule has 4 heteroatoms. The van der Waals surface area contributed by atoms with Crippen molar-refractivity contribution in [3.8, 4) is 0 Å². The van der Waals surface area contributed by atoms with E-state index in [0.29, 0.717) is 5.92 Å². The summed E-state index contributed by atoms with van der Waals surface area (Å²) < 4.78 is 2.29. The SMILES string of the molecule is N[C@H](c1cc(Br)c(Br)s1)C1CCCCC1. The zero-order valence-corrected chi connectivity index (χ0v) is 12.5. The fraction of sp³-hybridized carbons (Fsp3) is 0.636. The number of hydrogen-bond donors (Lipinski definition) is 1. The van der Waals surface area contributed by atoms with Crippen molar-refractivity contribution in [2.75, 3.05) is 0 Å².